The zero-order valence-corrected chi connectivity index (χ0v) is 20.0. The first-order valence-corrected chi connectivity index (χ1v) is 10.8. The van der Waals surface area contributed by atoms with Crippen LogP contribution in [-0.4, -0.2) is 44.2 Å². The van der Waals surface area contributed by atoms with Gasteiger partial charge in [0.2, 0.25) is 5.75 Å². The summed E-state index contributed by atoms with van der Waals surface area (Å²) in [6, 6.07) is 18.4. The minimum atomic E-state index is -1.34. The average Bonchev–Trinajstić information content (AvgIpc) is 2.91. The van der Waals surface area contributed by atoms with E-state index in [1.165, 1.54) is 27.4 Å². The number of rotatable bonds is 10. The van der Waals surface area contributed by atoms with Crippen LogP contribution < -0.4 is 24.8 Å². The molecule has 9 nitrogen and oxygen atoms in total. The molecule has 3 aromatic carbocycles. The van der Waals surface area contributed by atoms with Gasteiger partial charge in [0.05, 0.1) is 21.3 Å². The van der Waals surface area contributed by atoms with E-state index >= 15 is 0 Å². The third-order valence-corrected chi connectivity index (χ3v) is 5.18. The standard InChI is InChI=1S/C27H26N2O7/c1-34-21-15-17(16-22(35-2)24(21)36-3)14-20(28-25(30)19-12-8-5-9-13-19)26(31)29-23(27(32)33)18-10-6-4-7-11-18/h4-16,23H,1-3H3,(H,28,30)(H,29,31)(H,32,33)/t23-/m0/s1. The molecule has 0 aliphatic carbocycles. The van der Waals surface area contributed by atoms with Crippen molar-refractivity contribution in [1.29, 1.82) is 0 Å². The highest BCUT2D eigenvalue weighted by Gasteiger charge is 2.25. The molecule has 0 bridgehead atoms. The molecule has 0 radical (unpaired) electrons. The van der Waals surface area contributed by atoms with Crippen molar-refractivity contribution < 1.29 is 33.7 Å². The lowest BCUT2D eigenvalue weighted by molar-refractivity contribution is -0.141. The summed E-state index contributed by atoms with van der Waals surface area (Å²) in [5, 5.41) is 14.8. The van der Waals surface area contributed by atoms with Gasteiger partial charge >= 0.3 is 5.97 Å². The topological polar surface area (TPSA) is 123 Å². The van der Waals surface area contributed by atoms with Gasteiger partial charge in [0.15, 0.2) is 17.5 Å². The molecule has 0 saturated carbocycles. The van der Waals surface area contributed by atoms with Crippen LogP contribution in [0.3, 0.4) is 0 Å². The monoisotopic (exact) mass is 490 g/mol. The number of carbonyl (C=O) groups is 3. The second kappa shape index (κ2) is 12.1. The predicted molar refractivity (Wildman–Crippen MR) is 133 cm³/mol. The normalized spacial score (nSPS) is 11.7. The Balaban J connectivity index is 2.03. The van der Waals surface area contributed by atoms with Gasteiger partial charge < -0.3 is 30.0 Å². The molecule has 0 aliphatic heterocycles. The van der Waals surface area contributed by atoms with E-state index in [1.54, 1.807) is 72.8 Å². The number of hydrogen-bond acceptors (Lipinski definition) is 6. The van der Waals surface area contributed by atoms with Gasteiger partial charge in [-0.25, -0.2) is 4.79 Å². The van der Waals surface area contributed by atoms with Crippen LogP contribution in [0.1, 0.15) is 27.5 Å². The smallest absolute Gasteiger partial charge is 0.330 e. The first kappa shape index (κ1) is 25.8. The first-order valence-electron chi connectivity index (χ1n) is 10.8. The fourth-order valence-electron chi connectivity index (χ4n) is 3.44. The van der Waals surface area contributed by atoms with Gasteiger partial charge in [0, 0.05) is 5.56 Å². The SMILES string of the molecule is COc1cc(C=C(NC(=O)c2ccccc2)C(=O)N[C@H](C(=O)O)c2ccccc2)cc(OC)c1OC. The van der Waals surface area contributed by atoms with Gasteiger partial charge in [-0.3, -0.25) is 9.59 Å². The van der Waals surface area contributed by atoms with Crippen molar-refractivity contribution in [2.75, 3.05) is 21.3 Å². The van der Waals surface area contributed by atoms with E-state index < -0.39 is 23.8 Å². The number of aliphatic carboxylic acids is 1. The van der Waals surface area contributed by atoms with Crippen molar-refractivity contribution in [2.45, 2.75) is 6.04 Å². The van der Waals surface area contributed by atoms with Crippen LogP contribution in [0.15, 0.2) is 78.5 Å². The zero-order chi connectivity index (χ0) is 26.1. The number of hydrogen-bond donors (Lipinski definition) is 3. The summed E-state index contributed by atoms with van der Waals surface area (Å²) in [6.07, 6.45) is 1.39. The Morgan fingerprint density at radius 3 is 1.89 bits per heavy atom. The molecule has 0 aliphatic rings. The Kier molecular flexibility index (Phi) is 8.66. The average molecular weight is 491 g/mol. The molecular weight excluding hydrogens is 464 g/mol. The van der Waals surface area contributed by atoms with Crippen LogP contribution in [0.25, 0.3) is 6.08 Å². The van der Waals surface area contributed by atoms with Crippen molar-refractivity contribution in [2.24, 2.45) is 0 Å². The highest BCUT2D eigenvalue weighted by atomic mass is 16.5. The summed E-state index contributed by atoms with van der Waals surface area (Å²) < 4.78 is 16.1. The number of carboxylic acid groups (broad SMARTS) is 1. The highest BCUT2D eigenvalue weighted by molar-refractivity contribution is 6.06. The second-order valence-corrected chi connectivity index (χ2v) is 7.49. The molecular formula is C27H26N2O7. The number of nitrogens with one attached hydrogen (secondary N) is 2. The van der Waals surface area contributed by atoms with Gasteiger partial charge in [-0.2, -0.15) is 0 Å². The summed E-state index contributed by atoms with van der Waals surface area (Å²) in [4.78, 5) is 38.1. The maximum Gasteiger partial charge on any atom is 0.330 e. The number of amides is 2. The quantitative estimate of drug-likeness (QED) is 0.372. The van der Waals surface area contributed by atoms with Crippen LogP contribution in [-0.2, 0) is 9.59 Å². The zero-order valence-electron chi connectivity index (χ0n) is 20.0. The molecule has 0 spiro atoms. The van der Waals surface area contributed by atoms with E-state index in [-0.39, 0.29) is 5.70 Å². The minimum absolute atomic E-state index is 0.180. The molecule has 2 amide bonds. The lowest BCUT2D eigenvalue weighted by Gasteiger charge is -2.17. The van der Waals surface area contributed by atoms with Gasteiger partial charge in [0.25, 0.3) is 11.8 Å². The number of carboxylic acids is 1. The van der Waals surface area contributed by atoms with Crippen molar-refractivity contribution in [1.82, 2.24) is 10.6 Å². The van der Waals surface area contributed by atoms with E-state index in [2.05, 4.69) is 10.6 Å². The fraction of sp³-hybridized carbons (Fsp3) is 0.148. The first-order chi connectivity index (χ1) is 17.4. The Labute approximate surface area is 208 Å². The molecule has 1 atom stereocenters. The number of benzene rings is 3. The Morgan fingerprint density at radius 2 is 1.39 bits per heavy atom. The van der Waals surface area contributed by atoms with Crippen molar-refractivity contribution in [3.63, 3.8) is 0 Å². The van der Waals surface area contributed by atoms with E-state index in [4.69, 9.17) is 14.2 Å². The summed E-state index contributed by atoms with van der Waals surface area (Å²) in [5.74, 6) is -1.57. The Bertz CT molecular complexity index is 1230. The number of methoxy groups -OCH3 is 3. The molecule has 186 valence electrons. The molecule has 0 heterocycles. The minimum Gasteiger partial charge on any atom is -0.493 e. The molecule has 9 heteroatoms. The second-order valence-electron chi connectivity index (χ2n) is 7.49. The molecule has 3 N–H and O–H groups in total. The third-order valence-electron chi connectivity index (χ3n) is 5.18. The number of carbonyl (C=O) groups excluding carboxylic acids is 2. The van der Waals surface area contributed by atoms with E-state index in [1.807, 2.05) is 0 Å². The Morgan fingerprint density at radius 1 is 0.833 bits per heavy atom. The fourth-order valence-corrected chi connectivity index (χ4v) is 3.44. The van der Waals surface area contributed by atoms with E-state index in [9.17, 15) is 19.5 Å². The Hall–Kier alpha value is -4.79. The van der Waals surface area contributed by atoms with Crippen LogP contribution in [0, 0.1) is 0 Å². The molecule has 0 unspecified atom stereocenters. The summed E-state index contributed by atoms with van der Waals surface area (Å²) in [6.45, 7) is 0. The lowest BCUT2D eigenvalue weighted by atomic mass is 10.1. The predicted octanol–water partition coefficient (Wildman–Crippen LogP) is 3.43. The van der Waals surface area contributed by atoms with Gasteiger partial charge in [-0.05, 0) is 41.5 Å². The molecule has 0 fully saturated rings. The molecule has 3 rings (SSSR count). The molecule has 36 heavy (non-hydrogen) atoms. The van der Waals surface area contributed by atoms with E-state index in [0.29, 0.717) is 33.9 Å². The molecule has 0 saturated heterocycles. The summed E-state index contributed by atoms with van der Waals surface area (Å²) >= 11 is 0. The van der Waals surface area contributed by atoms with Crippen molar-refractivity contribution >= 4 is 23.9 Å². The molecule has 0 aromatic heterocycles. The van der Waals surface area contributed by atoms with Crippen LogP contribution in [0.2, 0.25) is 0 Å². The van der Waals surface area contributed by atoms with Crippen LogP contribution in [0.5, 0.6) is 17.2 Å². The van der Waals surface area contributed by atoms with Crippen LogP contribution in [0.4, 0.5) is 0 Å². The summed E-state index contributed by atoms with van der Waals surface area (Å²) in [5.41, 5.74) is 0.953. The third kappa shape index (κ3) is 6.20. The van der Waals surface area contributed by atoms with Gasteiger partial charge in [0.1, 0.15) is 5.70 Å². The van der Waals surface area contributed by atoms with Crippen molar-refractivity contribution in [3.05, 3.63) is 95.2 Å². The largest absolute Gasteiger partial charge is 0.493 e. The van der Waals surface area contributed by atoms with Gasteiger partial charge in [-0.1, -0.05) is 48.5 Å². The molecule has 3 aromatic rings. The van der Waals surface area contributed by atoms with Crippen LogP contribution >= 0.6 is 0 Å². The van der Waals surface area contributed by atoms with Gasteiger partial charge in [-0.15, -0.1) is 0 Å². The lowest BCUT2D eigenvalue weighted by Crippen LogP contribution is -2.39. The maximum absolute atomic E-state index is 13.3. The highest BCUT2D eigenvalue weighted by Crippen LogP contribution is 2.38. The van der Waals surface area contributed by atoms with E-state index in [0.717, 1.165) is 0 Å². The number of ether oxygens (including phenoxy) is 3. The summed E-state index contributed by atoms with van der Waals surface area (Å²) in [7, 11) is 4.37. The maximum atomic E-state index is 13.3. The van der Waals surface area contributed by atoms with Crippen molar-refractivity contribution in [3.8, 4) is 17.2 Å².